The van der Waals surface area contributed by atoms with E-state index in [-0.39, 0.29) is 0 Å². The van der Waals surface area contributed by atoms with E-state index in [0.29, 0.717) is 4.35 Å². The molecule has 12 heavy (non-hydrogen) atoms. The Hall–Kier alpha value is -0.502. The van der Waals surface area contributed by atoms with Crippen molar-refractivity contribution in [3.8, 4) is 0 Å². The van der Waals surface area contributed by atoms with E-state index in [1.165, 1.54) is 14.2 Å². The number of hydrogen-bond donors (Lipinski definition) is 0. The van der Waals surface area contributed by atoms with Crippen LogP contribution >= 0.6 is 0 Å². The molecule has 0 aliphatic rings. The summed E-state index contributed by atoms with van der Waals surface area (Å²) in [5.74, 6) is 0. The molecule has 66 valence electrons. The number of hydrogen-bond acceptors (Lipinski definition) is 3. The van der Waals surface area contributed by atoms with Gasteiger partial charge in [-0.1, -0.05) is 0 Å². The van der Waals surface area contributed by atoms with E-state index in [2.05, 4.69) is 0 Å². The monoisotopic (exact) mass is 230 g/mol. The third-order valence-electron chi connectivity index (χ3n) is 1.55. The Kier molecular flexibility index (Phi) is 3.15. The molecule has 0 fully saturated rings. The fourth-order valence-corrected chi connectivity index (χ4v) is 3.22. The minimum atomic E-state index is -3.67. The van der Waals surface area contributed by atoms with Crippen molar-refractivity contribution < 1.29 is 11.2 Å². The molecule has 1 aromatic carbocycles. The molecule has 0 radical (unpaired) electrons. The van der Waals surface area contributed by atoms with Crippen LogP contribution in [0.15, 0.2) is 30.3 Å². The number of benzene rings is 1. The molecular formula is C8H11AsO3. The molecule has 1 rings (SSSR count). The van der Waals surface area contributed by atoms with Crippen LogP contribution in [0.25, 0.3) is 0 Å². The summed E-state index contributed by atoms with van der Waals surface area (Å²) in [5.41, 5.74) is 0. The predicted octanol–water partition coefficient (Wildman–Crippen LogP) is 0.556. The van der Waals surface area contributed by atoms with E-state index >= 15 is 0 Å². The Balaban J connectivity index is 3.04. The molecule has 0 saturated carbocycles. The molecule has 0 amide bonds. The van der Waals surface area contributed by atoms with Gasteiger partial charge in [0.1, 0.15) is 0 Å². The molecule has 0 unspecified atom stereocenters. The second-order valence-corrected chi connectivity index (χ2v) is 6.90. The van der Waals surface area contributed by atoms with Gasteiger partial charge < -0.3 is 0 Å². The summed E-state index contributed by atoms with van der Waals surface area (Å²) in [7, 11) is 2.80. The van der Waals surface area contributed by atoms with Crippen LogP contribution in [-0.2, 0) is 11.2 Å². The van der Waals surface area contributed by atoms with Gasteiger partial charge >= 0.3 is 74.3 Å². The zero-order valence-electron chi connectivity index (χ0n) is 7.06. The molecule has 0 aromatic heterocycles. The molecule has 0 saturated heterocycles. The van der Waals surface area contributed by atoms with Crippen molar-refractivity contribution in [3.05, 3.63) is 30.3 Å². The zero-order chi connectivity index (χ0) is 9.03. The second-order valence-electron chi connectivity index (χ2n) is 2.20. The van der Waals surface area contributed by atoms with Crippen molar-refractivity contribution >= 4 is 18.5 Å². The summed E-state index contributed by atoms with van der Waals surface area (Å²) in [6.07, 6.45) is 0. The summed E-state index contributed by atoms with van der Waals surface area (Å²) in [4.78, 5) is 0. The first-order valence-electron chi connectivity index (χ1n) is 3.50. The first kappa shape index (κ1) is 9.59. The fraction of sp³-hybridized carbons (Fsp3) is 0.250. The standard InChI is InChI=1S/C8H11AsO3/c1-11-9(10,12-2)8-6-4-3-5-7-8/h3-7H,1-2H3. The van der Waals surface area contributed by atoms with Gasteiger partial charge in [0.25, 0.3) is 0 Å². The summed E-state index contributed by atoms with van der Waals surface area (Å²) in [6.45, 7) is 0. The maximum atomic E-state index is 11.8. The zero-order valence-corrected chi connectivity index (χ0v) is 8.94. The van der Waals surface area contributed by atoms with E-state index in [9.17, 15) is 3.74 Å². The van der Waals surface area contributed by atoms with Crippen LogP contribution in [0.2, 0.25) is 0 Å². The predicted molar refractivity (Wildman–Crippen MR) is 46.5 cm³/mol. The second kappa shape index (κ2) is 3.94. The van der Waals surface area contributed by atoms with Gasteiger partial charge in [-0.25, -0.2) is 0 Å². The van der Waals surface area contributed by atoms with Crippen LogP contribution in [0.4, 0.5) is 0 Å². The molecule has 0 bridgehead atoms. The van der Waals surface area contributed by atoms with Crippen molar-refractivity contribution in [2.45, 2.75) is 0 Å². The average Bonchev–Trinajstić information content (AvgIpc) is 2.18. The van der Waals surface area contributed by atoms with E-state index in [0.717, 1.165) is 0 Å². The normalized spacial score (nSPS) is 11.5. The van der Waals surface area contributed by atoms with Crippen LogP contribution in [0.3, 0.4) is 0 Å². The molecule has 0 atom stereocenters. The summed E-state index contributed by atoms with van der Waals surface area (Å²) >= 11 is -3.67. The Bertz CT molecular complexity index is 276. The molecule has 0 N–H and O–H groups in total. The van der Waals surface area contributed by atoms with Crippen LogP contribution in [0.1, 0.15) is 0 Å². The van der Waals surface area contributed by atoms with E-state index < -0.39 is 14.2 Å². The fourth-order valence-electron chi connectivity index (χ4n) is 0.896. The number of rotatable bonds is 3. The van der Waals surface area contributed by atoms with E-state index in [1.807, 2.05) is 6.07 Å². The SMILES string of the molecule is CO[As](=O)(OC)c1ccccc1. The van der Waals surface area contributed by atoms with Gasteiger partial charge in [0.2, 0.25) is 0 Å². The van der Waals surface area contributed by atoms with Gasteiger partial charge in [0.05, 0.1) is 0 Å². The van der Waals surface area contributed by atoms with Gasteiger partial charge in [-0.15, -0.1) is 0 Å². The topological polar surface area (TPSA) is 35.5 Å². The third kappa shape index (κ3) is 1.80. The van der Waals surface area contributed by atoms with Crippen LogP contribution in [0, 0.1) is 0 Å². The molecule has 4 heteroatoms. The van der Waals surface area contributed by atoms with Crippen molar-refractivity contribution in [3.63, 3.8) is 0 Å². The Labute approximate surface area is 74.7 Å². The molecule has 0 aliphatic heterocycles. The van der Waals surface area contributed by atoms with Crippen molar-refractivity contribution in [2.24, 2.45) is 0 Å². The van der Waals surface area contributed by atoms with Crippen molar-refractivity contribution in [1.82, 2.24) is 0 Å². The average molecular weight is 230 g/mol. The van der Waals surface area contributed by atoms with E-state index in [4.69, 9.17) is 7.45 Å². The van der Waals surface area contributed by atoms with Gasteiger partial charge in [-0.2, -0.15) is 0 Å². The maximum absolute atomic E-state index is 11.8. The van der Waals surface area contributed by atoms with Crippen LogP contribution in [0.5, 0.6) is 0 Å². The first-order chi connectivity index (χ1) is 5.73. The van der Waals surface area contributed by atoms with Crippen LogP contribution in [-0.4, -0.2) is 28.4 Å². The minimum absolute atomic E-state index is 0.639. The Morgan fingerprint density at radius 2 is 1.58 bits per heavy atom. The third-order valence-corrected chi connectivity index (χ3v) is 5.52. The molecular weight excluding hydrogens is 219 g/mol. The van der Waals surface area contributed by atoms with Gasteiger partial charge in [0.15, 0.2) is 0 Å². The first-order valence-corrected chi connectivity index (χ1v) is 6.74. The summed E-state index contributed by atoms with van der Waals surface area (Å²) < 4.78 is 22.1. The molecule has 0 heterocycles. The van der Waals surface area contributed by atoms with E-state index in [1.54, 1.807) is 24.3 Å². The quantitative estimate of drug-likeness (QED) is 0.711. The molecule has 0 aliphatic carbocycles. The van der Waals surface area contributed by atoms with Crippen molar-refractivity contribution in [2.75, 3.05) is 14.2 Å². The molecule has 3 nitrogen and oxygen atoms in total. The molecule has 0 spiro atoms. The van der Waals surface area contributed by atoms with Gasteiger partial charge in [-0.05, 0) is 0 Å². The Morgan fingerprint density at radius 1 is 1.08 bits per heavy atom. The van der Waals surface area contributed by atoms with Gasteiger partial charge in [-0.3, -0.25) is 0 Å². The van der Waals surface area contributed by atoms with Crippen molar-refractivity contribution in [1.29, 1.82) is 0 Å². The Morgan fingerprint density at radius 3 is 2.00 bits per heavy atom. The van der Waals surface area contributed by atoms with Gasteiger partial charge in [0, 0.05) is 0 Å². The summed E-state index contributed by atoms with van der Waals surface area (Å²) in [5, 5.41) is 0. The summed E-state index contributed by atoms with van der Waals surface area (Å²) in [6, 6.07) is 8.96. The van der Waals surface area contributed by atoms with Crippen LogP contribution < -0.4 is 4.35 Å². The molecule has 1 aromatic rings.